The first-order chi connectivity index (χ1) is 9.75. The lowest BCUT2D eigenvalue weighted by Gasteiger charge is -2.22. The average Bonchev–Trinajstić information content (AvgIpc) is 2.99. The fraction of sp³-hybridized carbons (Fsp3) is 0.471. The molecule has 3 heterocycles. The highest BCUT2D eigenvalue weighted by atomic mass is 15.0. The summed E-state index contributed by atoms with van der Waals surface area (Å²) >= 11 is 0. The zero-order valence-electron chi connectivity index (χ0n) is 12.3. The summed E-state index contributed by atoms with van der Waals surface area (Å²) < 4.78 is 4.34. The van der Waals surface area contributed by atoms with Gasteiger partial charge < -0.3 is 8.97 Å². The van der Waals surface area contributed by atoms with Gasteiger partial charge in [0.25, 0.3) is 0 Å². The molecule has 3 aromatic heterocycles. The standard InChI is InChI=1S/C17H21N3/c1-12-10-20-11-18-17-14(8-9-19(17)2)16(20)15(12)13-6-4-3-5-7-13/h8-11,13H,3-7H2,1-2H3. The normalized spacial score (nSPS) is 17.3. The van der Waals surface area contributed by atoms with Crippen molar-refractivity contribution in [2.75, 3.05) is 0 Å². The smallest absolute Gasteiger partial charge is 0.143 e. The lowest BCUT2D eigenvalue weighted by molar-refractivity contribution is 0.444. The summed E-state index contributed by atoms with van der Waals surface area (Å²) in [5.74, 6) is 0.736. The maximum Gasteiger partial charge on any atom is 0.143 e. The Morgan fingerprint density at radius 3 is 2.80 bits per heavy atom. The molecule has 0 saturated heterocycles. The summed E-state index contributed by atoms with van der Waals surface area (Å²) in [6.07, 6.45) is 13.2. The summed E-state index contributed by atoms with van der Waals surface area (Å²) in [6.45, 7) is 2.26. The second-order valence-electron chi connectivity index (χ2n) is 6.23. The van der Waals surface area contributed by atoms with E-state index in [1.807, 2.05) is 6.33 Å². The first-order valence-corrected chi connectivity index (χ1v) is 7.67. The van der Waals surface area contributed by atoms with Crippen molar-refractivity contribution < 1.29 is 0 Å². The first-order valence-electron chi connectivity index (χ1n) is 7.67. The van der Waals surface area contributed by atoms with Crippen molar-refractivity contribution in [2.24, 2.45) is 7.05 Å². The summed E-state index contributed by atoms with van der Waals surface area (Å²) in [6, 6.07) is 2.21. The third kappa shape index (κ3) is 1.62. The molecule has 0 amide bonds. The third-order valence-corrected chi connectivity index (χ3v) is 4.88. The zero-order valence-corrected chi connectivity index (χ0v) is 12.3. The first kappa shape index (κ1) is 12.0. The third-order valence-electron chi connectivity index (χ3n) is 4.88. The van der Waals surface area contributed by atoms with Crippen LogP contribution in [0.25, 0.3) is 16.6 Å². The van der Waals surface area contributed by atoms with E-state index in [0.717, 1.165) is 11.6 Å². The van der Waals surface area contributed by atoms with Crippen molar-refractivity contribution in [3.8, 4) is 0 Å². The molecule has 0 bridgehead atoms. The molecule has 0 aliphatic heterocycles. The number of hydrogen-bond donors (Lipinski definition) is 0. The topological polar surface area (TPSA) is 22.2 Å². The Kier molecular flexibility index (Phi) is 2.62. The van der Waals surface area contributed by atoms with Gasteiger partial charge in [-0.1, -0.05) is 19.3 Å². The largest absolute Gasteiger partial charge is 0.335 e. The number of rotatable bonds is 1. The molecule has 1 fully saturated rings. The van der Waals surface area contributed by atoms with Crippen molar-refractivity contribution >= 4 is 16.6 Å². The number of aryl methyl sites for hydroxylation is 2. The second kappa shape index (κ2) is 4.37. The lowest BCUT2D eigenvalue weighted by atomic mass is 9.83. The molecule has 0 unspecified atom stereocenters. The molecular formula is C17H21N3. The highest BCUT2D eigenvalue weighted by Crippen LogP contribution is 2.39. The average molecular weight is 267 g/mol. The van der Waals surface area contributed by atoms with Gasteiger partial charge in [0.15, 0.2) is 0 Å². The van der Waals surface area contributed by atoms with Crippen LogP contribution in [0, 0.1) is 6.92 Å². The summed E-state index contributed by atoms with van der Waals surface area (Å²) in [5, 5.41) is 1.30. The zero-order chi connectivity index (χ0) is 13.7. The van der Waals surface area contributed by atoms with E-state index in [0.29, 0.717) is 0 Å². The number of aromatic nitrogens is 3. The van der Waals surface area contributed by atoms with E-state index in [1.165, 1.54) is 48.6 Å². The van der Waals surface area contributed by atoms with Crippen molar-refractivity contribution in [3.63, 3.8) is 0 Å². The van der Waals surface area contributed by atoms with Crippen LogP contribution >= 0.6 is 0 Å². The van der Waals surface area contributed by atoms with Gasteiger partial charge in [-0.2, -0.15) is 0 Å². The summed E-state index contributed by atoms with van der Waals surface area (Å²) in [7, 11) is 2.07. The highest BCUT2D eigenvalue weighted by molar-refractivity contribution is 5.95. The Bertz CT molecular complexity index is 772. The molecule has 1 aliphatic rings. The van der Waals surface area contributed by atoms with E-state index >= 15 is 0 Å². The van der Waals surface area contributed by atoms with E-state index in [1.54, 1.807) is 5.56 Å². The van der Waals surface area contributed by atoms with Crippen LogP contribution < -0.4 is 0 Å². The minimum atomic E-state index is 0.736. The van der Waals surface area contributed by atoms with Gasteiger partial charge in [-0.15, -0.1) is 0 Å². The Hall–Kier alpha value is -1.77. The van der Waals surface area contributed by atoms with Gasteiger partial charge in [0, 0.05) is 24.8 Å². The van der Waals surface area contributed by atoms with E-state index in [9.17, 15) is 0 Å². The van der Waals surface area contributed by atoms with Crippen molar-refractivity contribution in [2.45, 2.75) is 44.9 Å². The molecule has 3 heteroatoms. The van der Waals surface area contributed by atoms with Gasteiger partial charge in [0.2, 0.25) is 0 Å². The van der Waals surface area contributed by atoms with Crippen LogP contribution in [-0.2, 0) is 7.05 Å². The van der Waals surface area contributed by atoms with E-state index in [-0.39, 0.29) is 0 Å². The van der Waals surface area contributed by atoms with Crippen LogP contribution in [0.15, 0.2) is 24.8 Å². The molecule has 1 aliphatic carbocycles. The van der Waals surface area contributed by atoms with Crippen molar-refractivity contribution in [1.82, 2.24) is 14.0 Å². The van der Waals surface area contributed by atoms with Crippen molar-refractivity contribution in [1.29, 1.82) is 0 Å². The molecule has 0 aromatic carbocycles. The van der Waals surface area contributed by atoms with Crippen LogP contribution in [0.4, 0.5) is 0 Å². The lowest BCUT2D eigenvalue weighted by Crippen LogP contribution is -2.05. The predicted octanol–water partition coefficient (Wildman–Crippen LogP) is 4.18. The Balaban J connectivity index is 2.02. The molecule has 4 rings (SSSR count). The van der Waals surface area contributed by atoms with Gasteiger partial charge in [-0.25, -0.2) is 4.98 Å². The number of nitrogens with zero attached hydrogens (tertiary/aromatic N) is 3. The maximum atomic E-state index is 4.59. The van der Waals surface area contributed by atoms with Crippen molar-refractivity contribution in [3.05, 3.63) is 35.9 Å². The summed E-state index contributed by atoms with van der Waals surface area (Å²) in [4.78, 5) is 4.59. The van der Waals surface area contributed by atoms with E-state index in [4.69, 9.17) is 0 Å². The summed E-state index contributed by atoms with van der Waals surface area (Å²) in [5.41, 5.74) is 5.48. The molecule has 0 atom stereocenters. The van der Waals surface area contributed by atoms with Crippen LogP contribution in [-0.4, -0.2) is 14.0 Å². The minimum absolute atomic E-state index is 0.736. The van der Waals surface area contributed by atoms with E-state index < -0.39 is 0 Å². The Labute approximate surface area is 119 Å². The van der Waals surface area contributed by atoms with Gasteiger partial charge >= 0.3 is 0 Å². The molecule has 3 aromatic rings. The minimum Gasteiger partial charge on any atom is -0.335 e. The van der Waals surface area contributed by atoms with E-state index in [2.05, 4.69) is 46.4 Å². The van der Waals surface area contributed by atoms with Gasteiger partial charge in [-0.05, 0) is 42.9 Å². The Morgan fingerprint density at radius 1 is 1.20 bits per heavy atom. The molecule has 3 nitrogen and oxygen atoms in total. The van der Waals surface area contributed by atoms with Gasteiger partial charge in [-0.3, -0.25) is 0 Å². The molecular weight excluding hydrogens is 246 g/mol. The number of fused-ring (bicyclic) bond motifs is 3. The highest BCUT2D eigenvalue weighted by Gasteiger charge is 2.22. The monoisotopic (exact) mass is 267 g/mol. The molecule has 0 N–H and O–H groups in total. The van der Waals surface area contributed by atoms with Crippen LogP contribution in [0.5, 0.6) is 0 Å². The second-order valence-corrected chi connectivity index (χ2v) is 6.23. The SMILES string of the molecule is Cc1cn2cnc3c(ccn3C)c2c1C1CCCCC1. The van der Waals surface area contributed by atoms with Crippen LogP contribution in [0.3, 0.4) is 0 Å². The quantitative estimate of drug-likeness (QED) is 0.648. The van der Waals surface area contributed by atoms with Crippen LogP contribution in [0.2, 0.25) is 0 Å². The van der Waals surface area contributed by atoms with Gasteiger partial charge in [0.1, 0.15) is 12.0 Å². The molecule has 1 saturated carbocycles. The predicted molar refractivity (Wildman–Crippen MR) is 82.2 cm³/mol. The molecule has 20 heavy (non-hydrogen) atoms. The fourth-order valence-corrected chi connectivity index (χ4v) is 3.93. The fourth-order valence-electron chi connectivity index (χ4n) is 3.93. The Morgan fingerprint density at radius 2 is 2.00 bits per heavy atom. The molecule has 104 valence electrons. The molecule has 0 spiro atoms. The maximum absolute atomic E-state index is 4.59. The molecule has 0 radical (unpaired) electrons. The van der Waals surface area contributed by atoms with Gasteiger partial charge in [0.05, 0.1) is 5.52 Å². The van der Waals surface area contributed by atoms with Crippen LogP contribution in [0.1, 0.15) is 49.1 Å². The number of hydrogen-bond acceptors (Lipinski definition) is 1.